The molecule has 0 saturated carbocycles. The van der Waals surface area contributed by atoms with E-state index < -0.39 is 11.6 Å². The maximum Gasteiger partial charge on any atom is 0.174 e. The Morgan fingerprint density at radius 2 is 1.80 bits per heavy atom. The van der Waals surface area contributed by atoms with Crippen molar-refractivity contribution in [3.8, 4) is 0 Å². The molecule has 1 aromatic carbocycles. The van der Waals surface area contributed by atoms with Crippen molar-refractivity contribution >= 4 is 27.5 Å². The summed E-state index contributed by atoms with van der Waals surface area (Å²) in [7, 11) is 0. The highest BCUT2D eigenvalue weighted by molar-refractivity contribution is 9.10. The molecule has 0 N–H and O–H groups in total. The van der Waals surface area contributed by atoms with E-state index in [-0.39, 0.29) is 17.8 Å². The van der Waals surface area contributed by atoms with E-state index in [1.54, 1.807) is 26.0 Å². The molecule has 0 saturated heterocycles. The van der Waals surface area contributed by atoms with Gasteiger partial charge in [0, 0.05) is 4.47 Å². The maximum atomic E-state index is 13.7. The number of furan rings is 1. The van der Waals surface area contributed by atoms with Crippen molar-refractivity contribution in [2.75, 3.05) is 0 Å². The minimum absolute atomic E-state index is 0.0839. The minimum atomic E-state index is -0.641. The summed E-state index contributed by atoms with van der Waals surface area (Å²) in [6, 6.07) is 5.71. The minimum Gasteiger partial charge on any atom is -0.466 e. The van der Waals surface area contributed by atoms with E-state index in [4.69, 9.17) is 4.42 Å². The lowest BCUT2D eigenvalue weighted by Gasteiger charge is -2.02. The third-order valence-corrected chi connectivity index (χ3v) is 3.39. The zero-order chi connectivity index (χ0) is 14.9. The topological polar surface area (TPSA) is 47.3 Å². The largest absolute Gasteiger partial charge is 0.466 e. The van der Waals surface area contributed by atoms with Crippen LogP contribution in [-0.2, 0) is 0 Å². The van der Waals surface area contributed by atoms with Crippen molar-refractivity contribution < 1.29 is 18.4 Å². The molecule has 104 valence electrons. The van der Waals surface area contributed by atoms with Crippen LogP contribution in [0.5, 0.6) is 0 Å². The Balaban J connectivity index is 2.19. The van der Waals surface area contributed by atoms with Crippen molar-refractivity contribution in [3.05, 3.63) is 57.2 Å². The van der Waals surface area contributed by atoms with Crippen LogP contribution in [0.25, 0.3) is 0 Å². The van der Waals surface area contributed by atoms with Gasteiger partial charge in [0.1, 0.15) is 17.3 Å². The molecule has 0 aliphatic carbocycles. The van der Waals surface area contributed by atoms with Gasteiger partial charge in [-0.25, -0.2) is 4.39 Å². The van der Waals surface area contributed by atoms with Gasteiger partial charge in [-0.3, -0.25) is 9.59 Å². The Hall–Kier alpha value is -1.75. The molecular weight excluding hydrogens is 327 g/mol. The number of ketones is 2. The fourth-order valence-electron chi connectivity index (χ4n) is 1.96. The van der Waals surface area contributed by atoms with Crippen LogP contribution in [0.4, 0.5) is 4.39 Å². The smallest absolute Gasteiger partial charge is 0.174 e. The predicted octanol–water partition coefficient (Wildman–Crippen LogP) is 4.25. The Bertz CT molecular complexity index is 688. The van der Waals surface area contributed by atoms with Crippen molar-refractivity contribution in [3.63, 3.8) is 0 Å². The van der Waals surface area contributed by atoms with Gasteiger partial charge in [-0.1, -0.05) is 15.9 Å². The zero-order valence-electron chi connectivity index (χ0n) is 11.0. The number of hydrogen-bond acceptors (Lipinski definition) is 3. The van der Waals surface area contributed by atoms with Crippen LogP contribution in [0, 0.1) is 19.7 Å². The van der Waals surface area contributed by atoms with Crippen LogP contribution in [-0.4, -0.2) is 11.6 Å². The molecule has 0 aliphatic rings. The van der Waals surface area contributed by atoms with Crippen LogP contribution >= 0.6 is 15.9 Å². The molecule has 0 unspecified atom stereocenters. The fourth-order valence-corrected chi connectivity index (χ4v) is 2.29. The molecule has 5 heteroatoms. The lowest BCUT2D eigenvalue weighted by molar-refractivity contribution is 0.0891. The summed E-state index contributed by atoms with van der Waals surface area (Å²) in [5.74, 6) is -0.480. The first-order valence-electron chi connectivity index (χ1n) is 5.97. The SMILES string of the molecule is Cc1cc(C(=O)CC(=O)c2ccc(Br)cc2F)c(C)o1. The standard InChI is InChI=1S/C15H12BrFO3/c1-8-5-12(9(2)20-8)15(19)7-14(18)11-4-3-10(16)6-13(11)17/h3-6H,7H2,1-2H3. The van der Waals surface area contributed by atoms with Gasteiger partial charge >= 0.3 is 0 Å². The number of aryl methyl sites for hydroxylation is 2. The molecule has 2 rings (SSSR count). The first-order valence-corrected chi connectivity index (χ1v) is 6.76. The molecular formula is C15H12BrFO3. The number of hydrogen-bond donors (Lipinski definition) is 0. The van der Waals surface area contributed by atoms with Gasteiger partial charge in [-0.05, 0) is 38.1 Å². The van der Waals surface area contributed by atoms with E-state index in [2.05, 4.69) is 15.9 Å². The van der Waals surface area contributed by atoms with Gasteiger partial charge in [0.15, 0.2) is 11.6 Å². The average molecular weight is 339 g/mol. The molecule has 3 nitrogen and oxygen atoms in total. The Morgan fingerprint density at radius 3 is 2.35 bits per heavy atom. The molecule has 1 aromatic heterocycles. The molecule has 20 heavy (non-hydrogen) atoms. The van der Waals surface area contributed by atoms with E-state index in [0.717, 1.165) is 0 Å². The van der Waals surface area contributed by atoms with Crippen LogP contribution < -0.4 is 0 Å². The zero-order valence-corrected chi connectivity index (χ0v) is 12.6. The Morgan fingerprint density at radius 1 is 1.15 bits per heavy atom. The lowest BCUT2D eigenvalue weighted by atomic mass is 10.0. The van der Waals surface area contributed by atoms with Crippen LogP contribution in [0.2, 0.25) is 0 Å². The van der Waals surface area contributed by atoms with Crippen LogP contribution in [0.1, 0.15) is 38.7 Å². The number of benzene rings is 1. The van der Waals surface area contributed by atoms with Gasteiger partial charge in [0.05, 0.1) is 17.5 Å². The lowest BCUT2D eigenvalue weighted by Crippen LogP contribution is -2.10. The molecule has 0 amide bonds. The quantitative estimate of drug-likeness (QED) is 0.618. The summed E-state index contributed by atoms with van der Waals surface area (Å²) in [6.45, 7) is 3.38. The Labute approximate surface area is 123 Å². The first kappa shape index (κ1) is 14.7. The Kier molecular flexibility index (Phi) is 4.18. The van der Waals surface area contributed by atoms with Crippen LogP contribution in [0.3, 0.4) is 0 Å². The van der Waals surface area contributed by atoms with E-state index in [1.165, 1.54) is 12.1 Å². The van der Waals surface area contributed by atoms with E-state index in [0.29, 0.717) is 21.6 Å². The van der Waals surface area contributed by atoms with Gasteiger partial charge in [-0.2, -0.15) is 0 Å². The molecule has 0 spiro atoms. The molecule has 0 radical (unpaired) electrons. The van der Waals surface area contributed by atoms with E-state index in [9.17, 15) is 14.0 Å². The predicted molar refractivity (Wildman–Crippen MR) is 75.6 cm³/mol. The van der Waals surface area contributed by atoms with Crippen molar-refractivity contribution in [2.24, 2.45) is 0 Å². The molecule has 0 fully saturated rings. The highest BCUT2D eigenvalue weighted by atomic mass is 79.9. The summed E-state index contributed by atoms with van der Waals surface area (Å²) >= 11 is 3.11. The van der Waals surface area contributed by atoms with E-state index in [1.807, 2.05) is 0 Å². The molecule has 0 atom stereocenters. The monoisotopic (exact) mass is 338 g/mol. The number of rotatable bonds is 4. The summed E-state index contributed by atoms with van der Waals surface area (Å²) < 4.78 is 19.4. The molecule has 1 heterocycles. The first-order chi connectivity index (χ1) is 9.38. The maximum absolute atomic E-state index is 13.7. The van der Waals surface area contributed by atoms with Gasteiger partial charge in [0.25, 0.3) is 0 Å². The summed E-state index contributed by atoms with van der Waals surface area (Å²) in [5, 5.41) is 0. The highest BCUT2D eigenvalue weighted by Gasteiger charge is 2.20. The van der Waals surface area contributed by atoms with Crippen molar-refractivity contribution in [1.82, 2.24) is 0 Å². The van der Waals surface area contributed by atoms with Crippen molar-refractivity contribution in [2.45, 2.75) is 20.3 Å². The van der Waals surface area contributed by atoms with E-state index >= 15 is 0 Å². The van der Waals surface area contributed by atoms with Crippen LogP contribution in [0.15, 0.2) is 33.2 Å². The third kappa shape index (κ3) is 3.04. The van der Waals surface area contributed by atoms with Gasteiger partial charge in [-0.15, -0.1) is 0 Å². The summed E-state index contributed by atoms with van der Waals surface area (Å²) in [5.41, 5.74) is 0.285. The second kappa shape index (κ2) is 5.71. The summed E-state index contributed by atoms with van der Waals surface area (Å²) in [4.78, 5) is 24.0. The third-order valence-electron chi connectivity index (χ3n) is 2.89. The second-order valence-corrected chi connectivity index (χ2v) is 5.39. The van der Waals surface area contributed by atoms with Gasteiger partial charge < -0.3 is 4.42 Å². The molecule has 0 aliphatic heterocycles. The normalized spacial score (nSPS) is 10.6. The van der Waals surface area contributed by atoms with Crippen molar-refractivity contribution in [1.29, 1.82) is 0 Å². The summed E-state index contributed by atoms with van der Waals surface area (Å²) in [6.07, 6.45) is -0.377. The molecule has 2 aromatic rings. The highest BCUT2D eigenvalue weighted by Crippen LogP contribution is 2.19. The van der Waals surface area contributed by atoms with Gasteiger partial charge in [0.2, 0.25) is 0 Å². The number of carbonyl (C=O) groups excluding carboxylic acids is 2. The fraction of sp³-hybridized carbons (Fsp3) is 0.200. The number of Topliss-reactive ketones (excluding diaryl/α,β-unsaturated/α-hetero) is 2. The second-order valence-electron chi connectivity index (χ2n) is 4.47. The number of carbonyl (C=O) groups is 2. The molecule has 0 bridgehead atoms. The number of halogens is 2. The average Bonchev–Trinajstić information content (AvgIpc) is 2.68.